The molecule has 0 heterocycles. The molecule has 4 rings (SSSR count). The number of unbranched alkanes of at least 4 members (excludes halogenated alkanes) is 57. The topological polar surface area (TPSA) is 197 Å². The summed E-state index contributed by atoms with van der Waals surface area (Å²) in [7, 11) is 0. The van der Waals surface area contributed by atoms with Gasteiger partial charge in [0.1, 0.15) is 0 Å². The van der Waals surface area contributed by atoms with Gasteiger partial charge in [-0.05, 0) is 202 Å². The number of hydrogen-bond donors (Lipinski definition) is 4. The lowest BCUT2D eigenvalue weighted by atomic mass is 10.1. The summed E-state index contributed by atoms with van der Waals surface area (Å²) in [4.78, 5) is 62.0. The highest BCUT2D eigenvalue weighted by molar-refractivity contribution is 5.96. The van der Waals surface area contributed by atoms with Crippen LogP contribution in [-0.4, -0.2) is 152 Å². The maximum absolute atomic E-state index is 14.3. The number of hydrogen-bond acceptors (Lipinski definition) is 14. The van der Waals surface area contributed by atoms with E-state index < -0.39 is 0 Å². The first kappa shape index (κ1) is 127. The lowest BCUT2D eigenvalue weighted by molar-refractivity contribution is 0.0939. The SMILES string of the molecule is CCCCCCCCCCOc1ccc(C(=O)NCCCN(CCCCN(CCCNC(=O)c2ccc(OCCCCCCCCCC)c(OCCCCCCCCCC)c2)CCCNC(=O)c2ccc(OCCCCCCCCCC)c(OCCCCCCCCCC)c2)CCCNC(=O)c2ccc(OCCCCCCCCCC)c(OCCCCCCCCCC)c2)cc1OCCCCCCCCCC. The summed E-state index contributed by atoms with van der Waals surface area (Å²) >= 11 is 0. The van der Waals surface area contributed by atoms with Crippen LogP contribution in [0, 0.1) is 0 Å². The highest BCUT2D eigenvalue weighted by Gasteiger charge is 2.20. The Hall–Kier alpha value is -6.92. The first-order valence-corrected chi connectivity index (χ1v) is 60.2. The van der Waals surface area contributed by atoms with Crippen molar-refractivity contribution in [1.29, 1.82) is 0 Å². The second kappa shape index (κ2) is 93.8. The number of rotatable bonds is 105. The zero-order valence-corrected chi connectivity index (χ0v) is 92.9. The minimum Gasteiger partial charge on any atom is -0.490 e. The molecule has 18 heteroatoms. The van der Waals surface area contributed by atoms with E-state index in [-0.39, 0.29) is 23.6 Å². The van der Waals surface area contributed by atoms with Gasteiger partial charge in [0.25, 0.3) is 23.6 Å². The molecule has 0 saturated carbocycles. The molecule has 0 spiro atoms. The lowest BCUT2D eigenvalue weighted by Gasteiger charge is -2.25. The fourth-order valence-electron chi connectivity index (χ4n) is 18.6. The van der Waals surface area contributed by atoms with Crippen LogP contribution >= 0.6 is 0 Å². The third kappa shape index (κ3) is 68.5. The maximum atomic E-state index is 14.3. The van der Waals surface area contributed by atoms with E-state index in [9.17, 15) is 19.2 Å². The third-order valence-electron chi connectivity index (χ3n) is 27.8. The van der Waals surface area contributed by atoms with Crippen LogP contribution in [0.4, 0.5) is 0 Å². The number of amides is 4. The quantitative estimate of drug-likeness (QED) is 0.0305. The summed E-state index contributed by atoms with van der Waals surface area (Å²) in [5.74, 6) is 4.79. The minimum absolute atomic E-state index is 0.136. The second-order valence-corrected chi connectivity index (χ2v) is 41.1. The van der Waals surface area contributed by atoms with E-state index in [2.05, 4.69) is 86.5 Å². The molecule has 4 amide bonds. The standard InChI is InChI=1S/C124H216N6O12/c1-9-17-25-33-41-49-57-67-97-135-113-83-79-109(105-117(113)139-101-71-61-53-45-37-29-21-13-5)121(131)125-87-75-93-129(94-76-88-126-122(132)110-80-84-114(136-98-68-58-50-42-34-26-18-10-2)118(106-110)140-102-72-62-54-46-38-30-22-14-6)91-65-66-92-130(95-77-89-127-123(133)111-81-85-115(137-99-69-59-51-43-35-27-19-11-3)119(107-111)141-103-73-63-55-47-39-31-23-15-7)96-78-90-128-124(134)112-82-86-116(138-100-70-60-52-44-36-28-20-12-4)120(108-112)142-104-74-64-56-48-40-32-24-16-8/h79-86,105-108H,9-78,87-104H2,1-8H3,(H,125,131)(H,126,132)(H,127,133)(H,128,134). The van der Waals surface area contributed by atoms with Crippen LogP contribution in [0.25, 0.3) is 0 Å². The largest absolute Gasteiger partial charge is 0.490 e. The van der Waals surface area contributed by atoms with Crippen LogP contribution in [0.15, 0.2) is 72.8 Å². The molecule has 814 valence electrons. The van der Waals surface area contributed by atoms with Crippen molar-refractivity contribution >= 4 is 23.6 Å². The molecule has 0 radical (unpaired) electrons. The minimum atomic E-state index is -0.136. The van der Waals surface area contributed by atoms with Crippen LogP contribution in [0.2, 0.25) is 0 Å². The maximum Gasteiger partial charge on any atom is 0.251 e. The van der Waals surface area contributed by atoms with Crippen molar-refractivity contribution in [1.82, 2.24) is 31.1 Å². The van der Waals surface area contributed by atoms with E-state index >= 15 is 0 Å². The number of carbonyl (C=O) groups excluding carboxylic acids is 4. The van der Waals surface area contributed by atoms with Crippen LogP contribution in [0.5, 0.6) is 46.0 Å². The fraction of sp³-hybridized carbons (Fsp3) is 0.774. The van der Waals surface area contributed by atoms with Gasteiger partial charge < -0.3 is 69.0 Å². The Morgan fingerprint density at radius 3 is 0.458 bits per heavy atom. The van der Waals surface area contributed by atoms with E-state index in [0.29, 0.717) is 147 Å². The first-order chi connectivity index (χ1) is 70.0. The Balaban J connectivity index is 1.60. The highest BCUT2D eigenvalue weighted by Crippen LogP contribution is 2.35. The smallest absolute Gasteiger partial charge is 0.251 e. The molecule has 0 aromatic heterocycles. The van der Waals surface area contributed by atoms with Crippen LogP contribution in [0.1, 0.15) is 546 Å². The predicted octanol–water partition coefficient (Wildman–Crippen LogP) is 33.8. The van der Waals surface area contributed by atoms with Crippen molar-refractivity contribution in [2.45, 2.75) is 505 Å². The molecule has 4 aromatic carbocycles. The molecule has 0 aliphatic carbocycles. The van der Waals surface area contributed by atoms with Crippen molar-refractivity contribution in [2.24, 2.45) is 0 Å². The highest BCUT2D eigenvalue weighted by atomic mass is 16.5. The molecule has 0 unspecified atom stereocenters. The average Bonchev–Trinajstić information content (AvgIpc) is 0.860. The van der Waals surface area contributed by atoms with Gasteiger partial charge in [0.15, 0.2) is 46.0 Å². The van der Waals surface area contributed by atoms with E-state index in [4.69, 9.17) is 37.9 Å². The normalized spacial score (nSPS) is 11.4. The summed E-state index contributed by atoms with van der Waals surface area (Å²) in [6.45, 7) is 29.5. The van der Waals surface area contributed by atoms with E-state index in [1.807, 2.05) is 72.8 Å². The van der Waals surface area contributed by atoms with Crippen molar-refractivity contribution in [3.05, 3.63) is 95.1 Å². The molecular formula is C124H216N6O12. The van der Waals surface area contributed by atoms with E-state index in [0.717, 1.165) is 181 Å². The molecule has 0 bridgehead atoms. The number of benzene rings is 4. The fourth-order valence-corrected chi connectivity index (χ4v) is 18.6. The first-order valence-electron chi connectivity index (χ1n) is 60.2. The summed E-state index contributed by atoms with van der Waals surface area (Å²) < 4.78 is 51.7. The predicted molar refractivity (Wildman–Crippen MR) is 601 cm³/mol. The van der Waals surface area contributed by atoms with E-state index in [1.165, 1.54) is 308 Å². The Morgan fingerprint density at radius 1 is 0.169 bits per heavy atom. The second-order valence-electron chi connectivity index (χ2n) is 41.1. The number of carbonyl (C=O) groups is 4. The van der Waals surface area contributed by atoms with Crippen LogP contribution in [0.3, 0.4) is 0 Å². The summed E-state index contributed by atoms with van der Waals surface area (Å²) in [5.41, 5.74) is 2.23. The summed E-state index contributed by atoms with van der Waals surface area (Å²) in [5, 5.41) is 13.1. The monoisotopic (exact) mass is 1980 g/mol. The summed E-state index contributed by atoms with van der Waals surface area (Å²) in [6.07, 6.45) is 82.6. The molecule has 142 heavy (non-hydrogen) atoms. The average molecular weight is 1980 g/mol. The van der Waals surface area contributed by atoms with Crippen molar-refractivity contribution in [3.8, 4) is 46.0 Å². The van der Waals surface area contributed by atoms with Gasteiger partial charge in [0.2, 0.25) is 0 Å². The Morgan fingerprint density at radius 2 is 0.303 bits per heavy atom. The van der Waals surface area contributed by atoms with Gasteiger partial charge >= 0.3 is 0 Å². The molecule has 0 fully saturated rings. The van der Waals surface area contributed by atoms with Gasteiger partial charge in [-0.2, -0.15) is 0 Å². The lowest BCUT2D eigenvalue weighted by Crippen LogP contribution is -2.35. The molecule has 0 atom stereocenters. The molecule has 4 aromatic rings. The molecule has 0 aliphatic rings. The zero-order chi connectivity index (χ0) is 102. The number of nitrogens with one attached hydrogen (secondary N) is 4. The van der Waals surface area contributed by atoms with Crippen LogP contribution in [-0.2, 0) is 0 Å². The van der Waals surface area contributed by atoms with Gasteiger partial charge in [-0.15, -0.1) is 0 Å². The molecular weight excluding hydrogens is 1770 g/mol. The van der Waals surface area contributed by atoms with Gasteiger partial charge in [0.05, 0.1) is 52.9 Å². The molecule has 0 aliphatic heterocycles. The van der Waals surface area contributed by atoms with Crippen molar-refractivity contribution < 1.29 is 57.1 Å². The zero-order valence-electron chi connectivity index (χ0n) is 92.9. The number of ether oxygens (including phenoxy) is 8. The third-order valence-corrected chi connectivity index (χ3v) is 27.8. The molecule has 4 N–H and O–H groups in total. The Labute approximate surface area is 870 Å². The van der Waals surface area contributed by atoms with Gasteiger partial charge in [0, 0.05) is 48.4 Å². The van der Waals surface area contributed by atoms with Crippen molar-refractivity contribution in [3.63, 3.8) is 0 Å². The van der Waals surface area contributed by atoms with Gasteiger partial charge in [-0.25, -0.2) is 0 Å². The Bertz CT molecular complexity index is 3150. The van der Waals surface area contributed by atoms with Crippen LogP contribution < -0.4 is 59.2 Å². The molecule has 18 nitrogen and oxygen atoms in total. The molecule has 0 saturated heterocycles. The summed E-state index contributed by atoms with van der Waals surface area (Å²) in [6, 6.07) is 22.7. The van der Waals surface area contributed by atoms with E-state index in [1.54, 1.807) is 0 Å². The van der Waals surface area contributed by atoms with Crippen molar-refractivity contribution in [2.75, 3.05) is 118 Å². The Kier molecular flexibility index (Phi) is 84.2. The van der Waals surface area contributed by atoms with Gasteiger partial charge in [-0.1, -0.05) is 415 Å². The number of nitrogens with zero attached hydrogens (tertiary/aromatic N) is 2. The van der Waals surface area contributed by atoms with Gasteiger partial charge in [-0.3, -0.25) is 19.2 Å².